The highest BCUT2D eigenvalue weighted by Crippen LogP contribution is 2.21. The first-order valence-corrected chi connectivity index (χ1v) is 8.36. The molecule has 0 radical (unpaired) electrons. The predicted octanol–water partition coefficient (Wildman–Crippen LogP) is 3.52. The molecule has 0 saturated carbocycles. The highest BCUT2D eigenvalue weighted by molar-refractivity contribution is 9.10. The minimum absolute atomic E-state index is 0.111. The Hall–Kier alpha value is -1.01. The van der Waals surface area contributed by atoms with Crippen molar-refractivity contribution in [1.82, 2.24) is 9.47 Å². The molecule has 0 spiro atoms. The zero-order valence-corrected chi connectivity index (χ0v) is 15.3. The van der Waals surface area contributed by atoms with Crippen molar-refractivity contribution in [3.05, 3.63) is 32.1 Å². The molecule has 0 aromatic carbocycles. The Balaban J connectivity index is 2.00. The molecule has 0 N–H and O–H groups in total. The third kappa shape index (κ3) is 4.49. The maximum Gasteiger partial charge on any atom is 0.410 e. The van der Waals surface area contributed by atoms with Crippen molar-refractivity contribution >= 4 is 33.6 Å². The van der Waals surface area contributed by atoms with Crippen LogP contribution in [-0.4, -0.2) is 34.3 Å². The Kier molecular flexibility index (Phi) is 5.22. The molecule has 1 aliphatic rings. The second-order valence-electron chi connectivity index (χ2n) is 6.54. The number of rotatable bonds is 2. The van der Waals surface area contributed by atoms with Gasteiger partial charge in [0.25, 0.3) is 5.56 Å². The quantitative estimate of drug-likeness (QED) is 0.775. The molecule has 1 atom stereocenters. The minimum atomic E-state index is -0.496. The molecule has 22 heavy (non-hydrogen) atoms. The summed E-state index contributed by atoms with van der Waals surface area (Å²) >= 11 is 9.20. The molecule has 5 nitrogen and oxygen atoms in total. The van der Waals surface area contributed by atoms with Gasteiger partial charge in [-0.15, -0.1) is 0 Å². The standard InChI is InChI=1S/C15H20BrClN2O3/c1-15(2,3)22-14(21)18-5-4-10(7-18)8-19-9-11(17)6-12(16)13(19)20/h6,9-10H,4-5,7-8H2,1-3H3. The van der Waals surface area contributed by atoms with Crippen molar-refractivity contribution in [2.24, 2.45) is 5.92 Å². The van der Waals surface area contributed by atoms with Crippen LogP contribution in [-0.2, 0) is 11.3 Å². The second kappa shape index (κ2) is 6.62. The van der Waals surface area contributed by atoms with Crippen molar-refractivity contribution in [2.75, 3.05) is 13.1 Å². The number of carbonyl (C=O) groups excluding carboxylic acids is 1. The Bertz CT molecular complexity index is 624. The van der Waals surface area contributed by atoms with E-state index in [-0.39, 0.29) is 17.6 Å². The third-order valence-corrected chi connectivity index (χ3v) is 4.18. The normalized spacial score (nSPS) is 18.6. The first kappa shape index (κ1) is 17.3. The van der Waals surface area contributed by atoms with Gasteiger partial charge in [0.1, 0.15) is 5.60 Å². The van der Waals surface area contributed by atoms with Crippen LogP contribution in [0.4, 0.5) is 4.79 Å². The van der Waals surface area contributed by atoms with Crippen LogP contribution in [0.15, 0.2) is 21.5 Å². The van der Waals surface area contributed by atoms with Crippen LogP contribution in [0.3, 0.4) is 0 Å². The van der Waals surface area contributed by atoms with Gasteiger partial charge in [-0.2, -0.15) is 0 Å². The average Bonchev–Trinajstić information content (AvgIpc) is 2.82. The lowest BCUT2D eigenvalue weighted by molar-refractivity contribution is 0.0287. The fourth-order valence-electron chi connectivity index (χ4n) is 2.45. The molecular weight excluding hydrogens is 372 g/mol. The van der Waals surface area contributed by atoms with Crippen LogP contribution in [0.5, 0.6) is 0 Å². The van der Waals surface area contributed by atoms with Gasteiger partial charge in [-0.1, -0.05) is 11.6 Å². The predicted molar refractivity (Wildman–Crippen MR) is 89.3 cm³/mol. The first-order valence-electron chi connectivity index (χ1n) is 7.19. The maximum absolute atomic E-state index is 12.1. The number of nitrogens with zero attached hydrogens (tertiary/aromatic N) is 2. The van der Waals surface area contributed by atoms with Crippen molar-refractivity contribution in [1.29, 1.82) is 0 Å². The molecule has 1 aromatic heterocycles. The molecule has 2 heterocycles. The van der Waals surface area contributed by atoms with E-state index in [1.54, 1.807) is 21.7 Å². The van der Waals surface area contributed by atoms with Gasteiger partial charge in [-0.05, 0) is 55.1 Å². The van der Waals surface area contributed by atoms with E-state index in [0.29, 0.717) is 29.1 Å². The molecule has 122 valence electrons. The minimum Gasteiger partial charge on any atom is -0.444 e. The summed E-state index contributed by atoms with van der Waals surface area (Å²) in [6.07, 6.45) is 2.18. The molecule has 1 saturated heterocycles. The van der Waals surface area contributed by atoms with Gasteiger partial charge in [0.05, 0.1) is 9.50 Å². The van der Waals surface area contributed by atoms with E-state index in [0.717, 1.165) is 6.42 Å². The van der Waals surface area contributed by atoms with Gasteiger partial charge in [-0.25, -0.2) is 4.79 Å². The summed E-state index contributed by atoms with van der Waals surface area (Å²) in [4.78, 5) is 25.8. The number of pyridine rings is 1. The fraction of sp³-hybridized carbons (Fsp3) is 0.600. The summed E-state index contributed by atoms with van der Waals surface area (Å²) in [6, 6.07) is 1.59. The molecule has 2 rings (SSSR count). The van der Waals surface area contributed by atoms with E-state index >= 15 is 0 Å². The van der Waals surface area contributed by atoms with Crippen molar-refractivity contribution < 1.29 is 9.53 Å². The van der Waals surface area contributed by atoms with Crippen LogP contribution in [0.25, 0.3) is 0 Å². The highest BCUT2D eigenvalue weighted by Gasteiger charge is 2.30. The van der Waals surface area contributed by atoms with Gasteiger partial charge in [0.2, 0.25) is 0 Å². The Morgan fingerprint density at radius 2 is 2.18 bits per heavy atom. The first-order chi connectivity index (χ1) is 10.2. The van der Waals surface area contributed by atoms with E-state index in [1.165, 1.54) is 0 Å². The lowest BCUT2D eigenvalue weighted by atomic mass is 10.1. The second-order valence-corrected chi connectivity index (χ2v) is 7.84. The number of aromatic nitrogens is 1. The molecule has 1 aliphatic heterocycles. The van der Waals surface area contributed by atoms with Gasteiger partial charge in [0.15, 0.2) is 0 Å². The van der Waals surface area contributed by atoms with Gasteiger partial charge in [0, 0.05) is 25.8 Å². The van der Waals surface area contributed by atoms with E-state index in [1.807, 2.05) is 20.8 Å². The number of ether oxygens (including phenoxy) is 1. The molecule has 7 heteroatoms. The summed E-state index contributed by atoms with van der Waals surface area (Å²) in [6.45, 7) is 7.32. The van der Waals surface area contributed by atoms with Crippen LogP contribution >= 0.6 is 27.5 Å². The molecular formula is C15H20BrClN2O3. The highest BCUT2D eigenvalue weighted by atomic mass is 79.9. The number of likely N-dealkylation sites (tertiary alicyclic amines) is 1. The van der Waals surface area contributed by atoms with Crippen LogP contribution in [0.1, 0.15) is 27.2 Å². The van der Waals surface area contributed by atoms with Crippen molar-refractivity contribution in [3.8, 4) is 0 Å². The number of amides is 1. The van der Waals surface area contributed by atoms with Gasteiger partial charge < -0.3 is 14.2 Å². The summed E-state index contributed by atoms with van der Waals surface area (Å²) in [5.41, 5.74) is -0.607. The van der Waals surface area contributed by atoms with Crippen LogP contribution in [0.2, 0.25) is 5.02 Å². The van der Waals surface area contributed by atoms with Gasteiger partial charge >= 0.3 is 6.09 Å². The Morgan fingerprint density at radius 1 is 1.50 bits per heavy atom. The molecule has 1 fully saturated rings. The summed E-state index contributed by atoms with van der Waals surface area (Å²) in [5.74, 6) is 0.218. The lowest BCUT2D eigenvalue weighted by Gasteiger charge is -2.24. The zero-order valence-electron chi connectivity index (χ0n) is 12.9. The number of halogens is 2. The van der Waals surface area contributed by atoms with Crippen molar-refractivity contribution in [2.45, 2.75) is 39.3 Å². The largest absolute Gasteiger partial charge is 0.444 e. The van der Waals surface area contributed by atoms with E-state index in [4.69, 9.17) is 16.3 Å². The maximum atomic E-state index is 12.1. The van der Waals surface area contributed by atoms with E-state index in [9.17, 15) is 9.59 Å². The monoisotopic (exact) mass is 390 g/mol. The van der Waals surface area contributed by atoms with E-state index < -0.39 is 5.60 Å². The van der Waals surface area contributed by atoms with Crippen LogP contribution in [0, 0.1) is 5.92 Å². The summed E-state index contributed by atoms with van der Waals surface area (Å²) in [5, 5.41) is 0.508. The molecule has 1 unspecified atom stereocenters. The number of hydrogen-bond donors (Lipinski definition) is 0. The lowest BCUT2D eigenvalue weighted by Crippen LogP contribution is -2.35. The number of hydrogen-bond acceptors (Lipinski definition) is 3. The summed E-state index contributed by atoms with van der Waals surface area (Å²) < 4.78 is 7.41. The molecule has 0 bridgehead atoms. The Labute approximate surface area is 143 Å². The van der Waals surface area contributed by atoms with E-state index in [2.05, 4.69) is 15.9 Å². The molecule has 0 aliphatic carbocycles. The molecule has 1 amide bonds. The SMILES string of the molecule is CC(C)(C)OC(=O)N1CCC(Cn2cc(Cl)cc(Br)c2=O)C1. The number of carbonyl (C=O) groups is 1. The third-order valence-electron chi connectivity index (χ3n) is 3.40. The Morgan fingerprint density at radius 3 is 2.82 bits per heavy atom. The van der Waals surface area contributed by atoms with Gasteiger partial charge in [-0.3, -0.25) is 4.79 Å². The van der Waals surface area contributed by atoms with Crippen molar-refractivity contribution in [3.63, 3.8) is 0 Å². The van der Waals surface area contributed by atoms with Crippen LogP contribution < -0.4 is 5.56 Å². The topological polar surface area (TPSA) is 51.5 Å². The smallest absolute Gasteiger partial charge is 0.410 e. The summed E-state index contributed by atoms with van der Waals surface area (Å²) in [7, 11) is 0. The average molecular weight is 392 g/mol. The fourth-order valence-corrected chi connectivity index (χ4v) is 3.29. The molecule has 1 aromatic rings. The zero-order chi connectivity index (χ0) is 16.5.